The molecule has 3 aromatic carbocycles. The van der Waals surface area contributed by atoms with E-state index >= 15 is 0 Å². The summed E-state index contributed by atoms with van der Waals surface area (Å²) in [6.07, 6.45) is 6.00. The highest BCUT2D eigenvalue weighted by Crippen LogP contribution is 2.32. The van der Waals surface area contributed by atoms with Gasteiger partial charge in [-0.05, 0) is 67.0 Å². The third kappa shape index (κ3) is 5.69. The lowest BCUT2D eigenvalue weighted by Crippen LogP contribution is -2.40. The van der Waals surface area contributed by atoms with Gasteiger partial charge in [-0.25, -0.2) is 0 Å². The summed E-state index contributed by atoms with van der Waals surface area (Å²) in [5.74, 6) is 0.945. The fraction of sp³-hybridized carbons (Fsp3) is 0.333. The standard InChI is InChI=1S/C30H35NO/c1-3-26(23-25-13-7-4-8-14-25)30(27-15-9-5-10-16-27)28-17-19-29(20-18-28)32-24(2)31-21-11-6-12-22-31/h4-5,7-10,13-20,24H,3,6,11-12,21-23H2,1-2H3. The van der Waals surface area contributed by atoms with Gasteiger partial charge in [0.2, 0.25) is 0 Å². The van der Waals surface area contributed by atoms with Gasteiger partial charge in [0.25, 0.3) is 0 Å². The molecule has 3 aromatic rings. The third-order valence-electron chi connectivity index (χ3n) is 6.46. The smallest absolute Gasteiger partial charge is 0.149 e. The van der Waals surface area contributed by atoms with E-state index in [0.717, 1.165) is 31.7 Å². The van der Waals surface area contributed by atoms with Crippen LogP contribution in [0.2, 0.25) is 0 Å². The minimum absolute atomic E-state index is 0.120. The molecule has 1 saturated heterocycles. The molecule has 0 amide bonds. The molecule has 1 unspecified atom stereocenters. The highest BCUT2D eigenvalue weighted by molar-refractivity contribution is 5.82. The molecule has 4 rings (SSSR count). The first-order valence-corrected chi connectivity index (χ1v) is 12.1. The quantitative estimate of drug-likeness (QED) is 0.374. The van der Waals surface area contributed by atoms with Gasteiger partial charge in [0.15, 0.2) is 0 Å². The highest BCUT2D eigenvalue weighted by atomic mass is 16.5. The van der Waals surface area contributed by atoms with Crippen LogP contribution >= 0.6 is 0 Å². The second-order valence-corrected chi connectivity index (χ2v) is 8.70. The van der Waals surface area contributed by atoms with Crippen LogP contribution in [0.4, 0.5) is 0 Å². The van der Waals surface area contributed by atoms with Crippen molar-refractivity contribution in [3.8, 4) is 5.75 Å². The lowest BCUT2D eigenvalue weighted by atomic mass is 9.88. The summed E-state index contributed by atoms with van der Waals surface area (Å²) in [5.41, 5.74) is 6.68. The molecule has 1 atom stereocenters. The fourth-order valence-corrected chi connectivity index (χ4v) is 4.67. The van der Waals surface area contributed by atoms with E-state index in [1.54, 1.807) is 0 Å². The number of likely N-dealkylation sites (tertiary alicyclic amines) is 1. The molecule has 0 N–H and O–H groups in total. The van der Waals surface area contributed by atoms with Crippen molar-refractivity contribution in [2.45, 2.75) is 52.2 Å². The van der Waals surface area contributed by atoms with E-state index in [1.807, 2.05) is 0 Å². The molecule has 0 radical (unpaired) electrons. The maximum absolute atomic E-state index is 6.29. The van der Waals surface area contributed by atoms with Crippen molar-refractivity contribution >= 4 is 5.57 Å². The third-order valence-corrected chi connectivity index (χ3v) is 6.46. The van der Waals surface area contributed by atoms with Gasteiger partial charge in [0, 0.05) is 13.1 Å². The molecule has 0 saturated carbocycles. The summed E-state index contributed by atoms with van der Waals surface area (Å²) < 4.78 is 6.29. The van der Waals surface area contributed by atoms with Gasteiger partial charge in [-0.2, -0.15) is 0 Å². The molecule has 0 spiro atoms. The van der Waals surface area contributed by atoms with Gasteiger partial charge < -0.3 is 4.74 Å². The average Bonchev–Trinajstić information content (AvgIpc) is 2.86. The minimum Gasteiger partial charge on any atom is -0.475 e. The van der Waals surface area contributed by atoms with E-state index in [4.69, 9.17) is 4.74 Å². The topological polar surface area (TPSA) is 12.5 Å². The Balaban J connectivity index is 1.61. The molecule has 166 valence electrons. The van der Waals surface area contributed by atoms with Crippen LogP contribution in [0.15, 0.2) is 90.5 Å². The molecule has 2 heteroatoms. The minimum atomic E-state index is 0.120. The Bertz CT molecular complexity index is 986. The summed E-state index contributed by atoms with van der Waals surface area (Å²) in [6.45, 7) is 6.71. The van der Waals surface area contributed by atoms with Gasteiger partial charge in [0.05, 0.1) is 0 Å². The molecule has 0 aliphatic carbocycles. The molecular formula is C30H35NO. The fourth-order valence-electron chi connectivity index (χ4n) is 4.67. The van der Waals surface area contributed by atoms with Crippen LogP contribution in [0.25, 0.3) is 5.57 Å². The zero-order chi connectivity index (χ0) is 22.2. The number of hydrogen-bond acceptors (Lipinski definition) is 2. The van der Waals surface area contributed by atoms with Gasteiger partial charge in [-0.15, -0.1) is 0 Å². The van der Waals surface area contributed by atoms with E-state index < -0.39 is 0 Å². The summed E-state index contributed by atoms with van der Waals surface area (Å²) in [7, 11) is 0. The van der Waals surface area contributed by atoms with Crippen LogP contribution in [0.1, 0.15) is 56.2 Å². The van der Waals surface area contributed by atoms with E-state index in [2.05, 4.69) is 104 Å². The monoisotopic (exact) mass is 425 g/mol. The Kier molecular flexibility index (Phi) is 7.79. The van der Waals surface area contributed by atoms with Crippen molar-refractivity contribution in [1.82, 2.24) is 4.90 Å². The number of hydrogen-bond donors (Lipinski definition) is 0. The summed E-state index contributed by atoms with van der Waals surface area (Å²) in [6, 6.07) is 30.3. The maximum Gasteiger partial charge on any atom is 0.149 e. The second-order valence-electron chi connectivity index (χ2n) is 8.70. The Morgan fingerprint density at radius 2 is 1.38 bits per heavy atom. The number of rotatable bonds is 8. The van der Waals surface area contributed by atoms with Crippen molar-refractivity contribution in [1.29, 1.82) is 0 Å². The van der Waals surface area contributed by atoms with Crippen molar-refractivity contribution in [2.24, 2.45) is 0 Å². The molecule has 1 heterocycles. The molecule has 1 aliphatic heterocycles. The number of nitrogens with zero attached hydrogens (tertiary/aromatic N) is 1. The first-order chi connectivity index (χ1) is 15.7. The van der Waals surface area contributed by atoms with Crippen molar-refractivity contribution in [2.75, 3.05) is 13.1 Å². The van der Waals surface area contributed by atoms with Crippen LogP contribution < -0.4 is 4.74 Å². The lowest BCUT2D eigenvalue weighted by Gasteiger charge is -2.32. The molecule has 32 heavy (non-hydrogen) atoms. The number of ether oxygens (including phenoxy) is 1. The van der Waals surface area contributed by atoms with E-state index in [9.17, 15) is 0 Å². The Hall–Kier alpha value is -2.84. The Morgan fingerprint density at radius 1 is 0.781 bits per heavy atom. The predicted octanol–water partition coefficient (Wildman–Crippen LogP) is 7.35. The lowest BCUT2D eigenvalue weighted by molar-refractivity contribution is 0.0262. The highest BCUT2D eigenvalue weighted by Gasteiger charge is 2.18. The van der Waals surface area contributed by atoms with Gasteiger partial charge in [-0.1, -0.05) is 91.7 Å². The molecule has 1 fully saturated rings. The first-order valence-electron chi connectivity index (χ1n) is 12.1. The van der Waals surface area contributed by atoms with Crippen molar-refractivity contribution in [3.05, 3.63) is 107 Å². The van der Waals surface area contributed by atoms with Gasteiger partial charge >= 0.3 is 0 Å². The summed E-state index contributed by atoms with van der Waals surface area (Å²) in [4.78, 5) is 2.45. The largest absolute Gasteiger partial charge is 0.475 e. The van der Waals surface area contributed by atoms with Gasteiger partial charge in [-0.3, -0.25) is 4.90 Å². The second kappa shape index (κ2) is 11.2. The molecule has 1 aliphatic rings. The molecule has 0 aromatic heterocycles. The van der Waals surface area contributed by atoms with Crippen LogP contribution in [0.3, 0.4) is 0 Å². The zero-order valence-corrected chi connectivity index (χ0v) is 19.5. The van der Waals surface area contributed by atoms with E-state index in [1.165, 1.54) is 47.1 Å². The Labute approximate surface area is 193 Å². The normalized spacial score (nSPS) is 16.3. The van der Waals surface area contributed by atoms with Crippen molar-refractivity contribution < 1.29 is 4.74 Å². The van der Waals surface area contributed by atoms with Crippen molar-refractivity contribution in [3.63, 3.8) is 0 Å². The van der Waals surface area contributed by atoms with Crippen LogP contribution in [-0.4, -0.2) is 24.2 Å². The average molecular weight is 426 g/mol. The van der Waals surface area contributed by atoms with Crippen LogP contribution in [0, 0.1) is 0 Å². The number of piperidine rings is 1. The summed E-state index contributed by atoms with van der Waals surface area (Å²) >= 11 is 0. The number of allylic oxidation sites excluding steroid dienone is 1. The summed E-state index contributed by atoms with van der Waals surface area (Å²) in [5, 5.41) is 0. The first kappa shape index (κ1) is 22.4. The van der Waals surface area contributed by atoms with E-state index in [0.29, 0.717) is 0 Å². The Morgan fingerprint density at radius 3 is 2.00 bits per heavy atom. The van der Waals surface area contributed by atoms with Crippen LogP contribution in [0.5, 0.6) is 5.75 Å². The maximum atomic E-state index is 6.29. The van der Waals surface area contributed by atoms with Crippen LogP contribution in [-0.2, 0) is 6.42 Å². The van der Waals surface area contributed by atoms with Gasteiger partial charge in [0.1, 0.15) is 12.0 Å². The molecule has 0 bridgehead atoms. The SMILES string of the molecule is CCC(Cc1ccccc1)=C(c1ccccc1)c1ccc(OC(C)N2CCCCC2)cc1. The molecular weight excluding hydrogens is 390 g/mol. The predicted molar refractivity (Wildman–Crippen MR) is 135 cm³/mol. The molecule has 2 nitrogen and oxygen atoms in total. The number of benzene rings is 3. The zero-order valence-electron chi connectivity index (χ0n) is 19.5. The van der Waals surface area contributed by atoms with E-state index in [-0.39, 0.29) is 6.23 Å².